The van der Waals surface area contributed by atoms with Crippen LogP contribution in [0.5, 0.6) is 0 Å². The van der Waals surface area contributed by atoms with Crippen LogP contribution in [0.2, 0.25) is 0 Å². The molecule has 144 valence electrons. The summed E-state index contributed by atoms with van der Waals surface area (Å²) >= 11 is 1.58. The molecule has 1 aliphatic rings. The van der Waals surface area contributed by atoms with Gasteiger partial charge in [0.25, 0.3) is 0 Å². The summed E-state index contributed by atoms with van der Waals surface area (Å²) in [6, 6.07) is 8.58. The minimum absolute atomic E-state index is 0.0963. The van der Waals surface area contributed by atoms with Crippen LogP contribution < -0.4 is 5.32 Å². The molecule has 0 radical (unpaired) electrons. The van der Waals surface area contributed by atoms with Gasteiger partial charge in [-0.3, -0.25) is 9.69 Å². The van der Waals surface area contributed by atoms with Crippen LogP contribution >= 0.6 is 11.3 Å². The van der Waals surface area contributed by atoms with Crippen molar-refractivity contribution in [2.45, 2.75) is 40.3 Å². The zero-order valence-electron chi connectivity index (χ0n) is 16.4. The molecule has 2 unspecified atom stereocenters. The first-order valence-electron chi connectivity index (χ1n) is 9.66. The molecule has 1 N–H and O–H groups in total. The number of aryl methyl sites for hydroxylation is 1. The number of nitrogens with zero attached hydrogens (tertiary/aromatic N) is 2. The van der Waals surface area contributed by atoms with E-state index in [1.165, 1.54) is 25.1 Å². The van der Waals surface area contributed by atoms with E-state index in [0.717, 1.165) is 34.6 Å². The van der Waals surface area contributed by atoms with E-state index in [1.807, 2.05) is 12.3 Å². The van der Waals surface area contributed by atoms with Crippen molar-refractivity contribution < 1.29 is 4.79 Å². The van der Waals surface area contributed by atoms with Crippen LogP contribution in [0.25, 0.3) is 6.08 Å². The molecule has 4 nitrogen and oxygen atoms in total. The molecular weight excluding hydrogens is 354 g/mol. The Morgan fingerprint density at radius 2 is 1.89 bits per heavy atom. The van der Waals surface area contributed by atoms with E-state index in [0.29, 0.717) is 6.54 Å². The van der Waals surface area contributed by atoms with Crippen molar-refractivity contribution in [3.8, 4) is 0 Å². The van der Waals surface area contributed by atoms with Crippen LogP contribution in [0.15, 0.2) is 35.7 Å². The third kappa shape index (κ3) is 6.29. The maximum Gasteiger partial charge on any atom is 0.244 e. The molecule has 1 amide bonds. The molecule has 1 saturated heterocycles. The first-order valence-corrected chi connectivity index (χ1v) is 10.5. The van der Waals surface area contributed by atoms with Gasteiger partial charge < -0.3 is 5.32 Å². The fourth-order valence-electron chi connectivity index (χ4n) is 3.81. The van der Waals surface area contributed by atoms with Crippen LogP contribution in [0, 0.1) is 18.8 Å². The highest BCUT2D eigenvalue weighted by Gasteiger charge is 2.21. The van der Waals surface area contributed by atoms with E-state index in [4.69, 9.17) is 0 Å². The Morgan fingerprint density at radius 3 is 2.52 bits per heavy atom. The number of likely N-dealkylation sites (tertiary alicyclic amines) is 1. The fraction of sp³-hybridized carbons (Fsp3) is 0.455. The van der Waals surface area contributed by atoms with E-state index in [2.05, 4.69) is 53.3 Å². The number of hydrogen-bond donors (Lipinski definition) is 1. The zero-order chi connectivity index (χ0) is 19.2. The second-order valence-electron chi connectivity index (χ2n) is 7.80. The molecular formula is C22H29N3OS. The lowest BCUT2D eigenvalue weighted by Crippen LogP contribution is -2.38. The number of rotatable bonds is 6. The summed E-state index contributed by atoms with van der Waals surface area (Å²) in [5.74, 6) is 1.47. The van der Waals surface area contributed by atoms with Gasteiger partial charge in [-0.15, -0.1) is 11.3 Å². The average molecular weight is 384 g/mol. The van der Waals surface area contributed by atoms with Gasteiger partial charge in [-0.25, -0.2) is 4.98 Å². The summed E-state index contributed by atoms with van der Waals surface area (Å²) in [5, 5.41) is 5.88. The fourth-order valence-corrected chi connectivity index (χ4v) is 4.39. The molecule has 2 heterocycles. The van der Waals surface area contributed by atoms with Gasteiger partial charge in [0.1, 0.15) is 0 Å². The van der Waals surface area contributed by atoms with E-state index >= 15 is 0 Å². The van der Waals surface area contributed by atoms with E-state index in [-0.39, 0.29) is 5.91 Å². The van der Waals surface area contributed by atoms with Crippen LogP contribution in [0.1, 0.15) is 42.1 Å². The van der Waals surface area contributed by atoms with Crippen molar-refractivity contribution in [3.05, 3.63) is 57.6 Å². The summed E-state index contributed by atoms with van der Waals surface area (Å²) in [7, 11) is 0. The summed E-state index contributed by atoms with van der Waals surface area (Å²) in [6.45, 7) is 10.6. The number of amides is 1. The molecule has 0 aliphatic carbocycles. The predicted octanol–water partition coefficient (Wildman–Crippen LogP) is 4.26. The lowest BCUT2D eigenvalue weighted by molar-refractivity contribution is -0.116. The van der Waals surface area contributed by atoms with Crippen LogP contribution in [0.3, 0.4) is 0 Å². The van der Waals surface area contributed by atoms with Gasteiger partial charge in [0.2, 0.25) is 5.91 Å². The number of carbonyl (C=O) groups is 1. The molecule has 1 aromatic carbocycles. The molecule has 1 aromatic heterocycles. The summed E-state index contributed by atoms with van der Waals surface area (Å²) in [5.41, 5.74) is 3.29. The van der Waals surface area contributed by atoms with Crippen LogP contribution in [-0.2, 0) is 17.9 Å². The van der Waals surface area contributed by atoms with Crippen molar-refractivity contribution in [2.24, 2.45) is 11.8 Å². The van der Waals surface area contributed by atoms with Gasteiger partial charge in [0, 0.05) is 37.6 Å². The quantitative estimate of drug-likeness (QED) is 0.758. The predicted molar refractivity (Wildman–Crippen MR) is 112 cm³/mol. The Labute approximate surface area is 166 Å². The first-order chi connectivity index (χ1) is 13.0. The van der Waals surface area contributed by atoms with E-state index in [9.17, 15) is 4.79 Å². The topological polar surface area (TPSA) is 45.2 Å². The van der Waals surface area contributed by atoms with Gasteiger partial charge in [-0.05, 0) is 42.4 Å². The Kier molecular flexibility index (Phi) is 6.80. The molecule has 1 fully saturated rings. The first kappa shape index (κ1) is 19.8. The highest BCUT2D eigenvalue weighted by molar-refractivity contribution is 7.09. The normalized spacial score (nSPS) is 20.9. The third-order valence-corrected chi connectivity index (χ3v) is 5.67. The number of benzene rings is 1. The smallest absolute Gasteiger partial charge is 0.244 e. The van der Waals surface area contributed by atoms with Gasteiger partial charge in [-0.2, -0.15) is 0 Å². The standard InChI is InChI=1S/C22H29N3OS/c1-16-10-17(2)13-25(12-16)14-20-6-4-19(5-7-20)11-23-22(26)9-8-21-15-27-18(3)24-21/h4-9,15-17H,10-14H2,1-3H3,(H,23,26)/b9-8+. The van der Waals surface area contributed by atoms with Crippen molar-refractivity contribution in [3.63, 3.8) is 0 Å². The number of thiazole rings is 1. The van der Waals surface area contributed by atoms with E-state index in [1.54, 1.807) is 23.5 Å². The minimum Gasteiger partial charge on any atom is -0.348 e. The van der Waals surface area contributed by atoms with Gasteiger partial charge in [-0.1, -0.05) is 38.1 Å². The molecule has 0 saturated carbocycles. The molecule has 0 bridgehead atoms. The Balaban J connectivity index is 1.46. The number of nitrogens with one attached hydrogen (secondary N) is 1. The lowest BCUT2D eigenvalue weighted by atomic mass is 9.91. The zero-order valence-corrected chi connectivity index (χ0v) is 17.3. The molecule has 3 rings (SSSR count). The Bertz CT molecular complexity index is 771. The summed E-state index contributed by atoms with van der Waals surface area (Å²) in [6.07, 6.45) is 4.63. The highest BCUT2D eigenvalue weighted by atomic mass is 32.1. The van der Waals surface area contributed by atoms with Crippen LogP contribution in [-0.4, -0.2) is 28.9 Å². The Morgan fingerprint density at radius 1 is 1.22 bits per heavy atom. The number of aromatic nitrogens is 1. The lowest BCUT2D eigenvalue weighted by Gasteiger charge is -2.35. The Hall–Kier alpha value is -1.98. The van der Waals surface area contributed by atoms with Gasteiger partial charge in [0.15, 0.2) is 0 Å². The number of piperidine rings is 1. The average Bonchev–Trinajstić information content (AvgIpc) is 3.04. The molecule has 2 atom stereocenters. The maximum atomic E-state index is 12.0. The SMILES string of the molecule is Cc1nc(/C=C/C(=O)NCc2ccc(CN3CC(C)CC(C)C3)cc2)cs1. The van der Waals surface area contributed by atoms with Gasteiger partial charge >= 0.3 is 0 Å². The van der Waals surface area contributed by atoms with Crippen LogP contribution in [0.4, 0.5) is 0 Å². The minimum atomic E-state index is -0.0963. The van der Waals surface area contributed by atoms with Crippen molar-refractivity contribution in [1.29, 1.82) is 0 Å². The molecule has 27 heavy (non-hydrogen) atoms. The summed E-state index contributed by atoms with van der Waals surface area (Å²) < 4.78 is 0. The highest BCUT2D eigenvalue weighted by Crippen LogP contribution is 2.22. The molecule has 0 spiro atoms. The molecule has 2 aromatic rings. The van der Waals surface area contributed by atoms with Crippen molar-refractivity contribution >= 4 is 23.3 Å². The van der Waals surface area contributed by atoms with Crippen molar-refractivity contribution in [1.82, 2.24) is 15.2 Å². The number of carbonyl (C=O) groups excluding carboxylic acids is 1. The summed E-state index contributed by atoms with van der Waals surface area (Å²) in [4.78, 5) is 18.8. The second-order valence-corrected chi connectivity index (χ2v) is 8.86. The van der Waals surface area contributed by atoms with Crippen molar-refractivity contribution in [2.75, 3.05) is 13.1 Å². The molecule has 5 heteroatoms. The second kappa shape index (κ2) is 9.29. The van der Waals surface area contributed by atoms with E-state index < -0.39 is 0 Å². The van der Waals surface area contributed by atoms with Gasteiger partial charge in [0.05, 0.1) is 10.7 Å². The molecule has 1 aliphatic heterocycles. The monoisotopic (exact) mass is 383 g/mol. The largest absolute Gasteiger partial charge is 0.348 e. The third-order valence-electron chi connectivity index (χ3n) is 4.88. The maximum absolute atomic E-state index is 12.0. The number of hydrogen-bond acceptors (Lipinski definition) is 4.